The van der Waals surface area contributed by atoms with Crippen LogP contribution < -0.4 is 0 Å². The van der Waals surface area contributed by atoms with E-state index in [0.717, 1.165) is 21.2 Å². The van der Waals surface area contributed by atoms with E-state index in [1.807, 2.05) is 48.9 Å². The zero-order valence-corrected chi connectivity index (χ0v) is 11.6. The van der Waals surface area contributed by atoms with Gasteiger partial charge in [-0.1, -0.05) is 24.3 Å². The molecule has 0 aliphatic carbocycles. The molecule has 0 aliphatic heterocycles. The van der Waals surface area contributed by atoms with E-state index in [4.69, 9.17) is 0 Å². The van der Waals surface area contributed by atoms with Crippen molar-refractivity contribution in [3.63, 3.8) is 0 Å². The van der Waals surface area contributed by atoms with Crippen molar-refractivity contribution in [2.24, 2.45) is 0 Å². The van der Waals surface area contributed by atoms with E-state index < -0.39 is 5.60 Å². The van der Waals surface area contributed by atoms with Crippen molar-refractivity contribution in [3.8, 4) is 0 Å². The summed E-state index contributed by atoms with van der Waals surface area (Å²) in [6.07, 6.45) is 0. The first-order valence-corrected chi connectivity index (χ1v) is 6.77. The molecule has 84 valence electrons. The minimum Gasteiger partial charge on any atom is -0.381 e. The molecule has 1 aromatic carbocycles. The number of hydrogen-bond acceptors (Lipinski definition) is 2. The van der Waals surface area contributed by atoms with Gasteiger partial charge < -0.3 is 5.11 Å². The van der Waals surface area contributed by atoms with Crippen LogP contribution in [0.3, 0.4) is 0 Å². The summed E-state index contributed by atoms with van der Waals surface area (Å²) in [5.74, 6) is 0. The van der Waals surface area contributed by atoms with Crippen LogP contribution >= 0.6 is 27.3 Å². The third kappa shape index (κ3) is 1.95. The number of aryl methyl sites for hydroxylation is 1. The van der Waals surface area contributed by atoms with Crippen molar-refractivity contribution in [2.75, 3.05) is 0 Å². The molecular weight excluding hydrogens is 284 g/mol. The Morgan fingerprint density at radius 3 is 2.44 bits per heavy atom. The van der Waals surface area contributed by atoms with Crippen LogP contribution in [-0.2, 0) is 5.60 Å². The lowest BCUT2D eigenvalue weighted by atomic mass is 9.87. The van der Waals surface area contributed by atoms with Crippen molar-refractivity contribution < 1.29 is 5.11 Å². The standard InChI is InChI=1S/C13H13BrOS/c1-9-5-3-4-6-10(9)13(2,15)11-7-16-8-12(11)14/h3-8,15H,1-2H3. The van der Waals surface area contributed by atoms with Crippen LogP contribution in [0.4, 0.5) is 0 Å². The molecule has 0 bridgehead atoms. The fourth-order valence-corrected chi connectivity index (χ4v) is 3.68. The van der Waals surface area contributed by atoms with Gasteiger partial charge in [0.25, 0.3) is 0 Å². The highest BCUT2D eigenvalue weighted by atomic mass is 79.9. The molecule has 1 nitrogen and oxygen atoms in total. The van der Waals surface area contributed by atoms with E-state index in [-0.39, 0.29) is 0 Å². The lowest BCUT2D eigenvalue weighted by molar-refractivity contribution is 0.101. The quantitative estimate of drug-likeness (QED) is 0.885. The molecule has 1 unspecified atom stereocenters. The summed E-state index contributed by atoms with van der Waals surface area (Å²) in [7, 11) is 0. The molecule has 0 radical (unpaired) electrons. The minimum atomic E-state index is -0.940. The maximum absolute atomic E-state index is 10.7. The van der Waals surface area contributed by atoms with Gasteiger partial charge in [0.1, 0.15) is 5.60 Å². The van der Waals surface area contributed by atoms with Crippen LogP contribution in [0.15, 0.2) is 39.5 Å². The summed E-state index contributed by atoms with van der Waals surface area (Å²) >= 11 is 5.06. The van der Waals surface area contributed by atoms with Gasteiger partial charge in [0.2, 0.25) is 0 Å². The first kappa shape index (κ1) is 11.8. The Hall–Kier alpha value is -0.640. The summed E-state index contributed by atoms with van der Waals surface area (Å²) < 4.78 is 0.964. The molecule has 16 heavy (non-hydrogen) atoms. The average Bonchev–Trinajstić information content (AvgIpc) is 2.65. The average molecular weight is 297 g/mol. The predicted molar refractivity (Wildman–Crippen MR) is 71.9 cm³/mol. The monoisotopic (exact) mass is 296 g/mol. The summed E-state index contributed by atoms with van der Waals surface area (Å²) in [6, 6.07) is 7.93. The topological polar surface area (TPSA) is 20.2 Å². The molecule has 0 fully saturated rings. The largest absolute Gasteiger partial charge is 0.381 e. The molecule has 0 saturated heterocycles. The highest BCUT2D eigenvalue weighted by molar-refractivity contribution is 9.10. The zero-order valence-electron chi connectivity index (χ0n) is 9.20. The second-order valence-electron chi connectivity index (χ2n) is 4.02. The Balaban J connectivity index is 2.55. The summed E-state index contributed by atoms with van der Waals surface area (Å²) in [5, 5.41) is 14.7. The number of thiophene rings is 1. The van der Waals surface area contributed by atoms with E-state index in [1.165, 1.54) is 0 Å². The van der Waals surface area contributed by atoms with Crippen molar-refractivity contribution in [2.45, 2.75) is 19.4 Å². The van der Waals surface area contributed by atoms with Gasteiger partial charge in [0, 0.05) is 15.4 Å². The first-order valence-electron chi connectivity index (χ1n) is 5.04. The van der Waals surface area contributed by atoms with Gasteiger partial charge in [-0.2, -0.15) is 11.3 Å². The summed E-state index contributed by atoms with van der Waals surface area (Å²) in [4.78, 5) is 0. The van der Waals surface area contributed by atoms with E-state index in [2.05, 4.69) is 15.9 Å². The Labute approximate surface area is 108 Å². The molecule has 1 heterocycles. The van der Waals surface area contributed by atoms with Gasteiger partial charge in [-0.3, -0.25) is 0 Å². The molecule has 0 amide bonds. The number of hydrogen-bond donors (Lipinski definition) is 1. The number of aliphatic hydroxyl groups is 1. The molecule has 1 aromatic heterocycles. The molecular formula is C13H13BrOS. The maximum Gasteiger partial charge on any atom is 0.114 e. The van der Waals surface area contributed by atoms with Crippen molar-refractivity contribution in [3.05, 3.63) is 56.2 Å². The van der Waals surface area contributed by atoms with Gasteiger partial charge in [0.15, 0.2) is 0 Å². The van der Waals surface area contributed by atoms with Gasteiger partial charge in [-0.05, 0) is 46.3 Å². The first-order chi connectivity index (χ1) is 7.53. The molecule has 0 aliphatic rings. The SMILES string of the molecule is Cc1ccccc1C(C)(O)c1cscc1Br. The van der Waals surface area contributed by atoms with Crippen LogP contribution in [0, 0.1) is 6.92 Å². The van der Waals surface area contributed by atoms with E-state index in [9.17, 15) is 5.11 Å². The number of benzene rings is 1. The highest BCUT2D eigenvalue weighted by Gasteiger charge is 2.29. The molecule has 0 spiro atoms. The van der Waals surface area contributed by atoms with Crippen LogP contribution in [0.25, 0.3) is 0 Å². The van der Waals surface area contributed by atoms with Crippen LogP contribution in [-0.4, -0.2) is 5.11 Å². The van der Waals surface area contributed by atoms with Crippen molar-refractivity contribution in [1.82, 2.24) is 0 Å². The number of halogens is 1. The van der Waals surface area contributed by atoms with Gasteiger partial charge in [-0.15, -0.1) is 0 Å². The Morgan fingerprint density at radius 2 is 1.88 bits per heavy atom. The fourth-order valence-electron chi connectivity index (χ4n) is 1.89. The fraction of sp³-hybridized carbons (Fsp3) is 0.231. The Bertz CT molecular complexity index is 502. The molecule has 0 saturated carbocycles. The molecule has 2 aromatic rings. The second-order valence-corrected chi connectivity index (χ2v) is 5.62. The van der Waals surface area contributed by atoms with Crippen LogP contribution in [0.2, 0.25) is 0 Å². The normalized spacial score (nSPS) is 14.8. The second kappa shape index (κ2) is 4.32. The van der Waals surface area contributed by atoms with Crippen molar-refractivity contribution in [1.29, 1.82) is 0 Å². The summed E-state index contributed by atoms with van der Waals surface area (Å²) in [5.41, 5.74) is 2.04. The predicted octanol–water partition coefficient (Wildman–Crippen LogP) is 4.07. The highest BCUT2D eigenvalue weighted by Crippen LogP contribution is 2.37. The smallest absolute Gasteiger partial charge is 0.114 e. The third-order valence-corrected chi connectivity index (χ3v) is 4.51. The maximum atomic E-state index is 10.7. The van der Waals surface area contributed by atoms with Crippen LogP contribution in [0.5, 0.6) is 0 Å². The summed E-state index contributed by atoms with van der Waals surface area (Å²) in [6.45, 7) is 3.85. The minimum absolute atomic E-state index is 0.923. The Kier molecular flexibility index (Phi) is 3.19. The molecule has 1 atom stereocenters. The molecule has 2 rings (SSSR count). The Morgan fingerprint density at radius 1 is 1.19 bits per heavy atom. The zero-order chi connectivity index (χ0) is 11.8. The van der Waals surface area contributed by atoms with Gasteiger partial charge in [-0.25, -0.2) is 0 Å². The third-order valence-electron chi connectivity index (χ3n) is 2.81. The lowest BCUT2D eigenvalue weighted by Gasteiger charge is -2.25. The van der Waals surface area contributed by atoms with E-state index in [0.29, 0.717) is 0 Å². The van der Waals surface area contributed by atoms with E-state index in [1.54, 1.807) is 11.3 Å². The molecule has 1 N–H and O–H groups in total. The number of rotatable bonds is 2. The van der Waals surface area contributed by atoms with Crippen molar-refractivity contribution >= 4 is 27.3 Å². The van der Waals surface area contributed by atoms with Gasteiger partial charge in [0.05, 0.1) is 0 Å². The lowest BCUT2D eigenvalue weighted by Crippen LogP contribution is -2.23. The molecule has 3 heteroatoms. The van der Waals surface area contributed by atoms with E-state index >= 15 is 0 Å². The van der Waals surface area contributed by atoms with Crippen LogP contribution in [0.1, 0.15) is 23.6 Å². The van der Waals surface area contributed by atoms with Gasteiger partial charge >= 0.3 is 0 Å².